The van der Waals surface area contributed by atoms with Gasteiger partial charge in [0.15, 0.2) is 0 Å². The van der Waals surface area contributed by atoms with Crippen LogP contribution in [0.3, 0.4) is 0 Å². The lowest BCUT2D eigenvalue weighted by Crippen LogP contribution is -2.48. The first-order valence-corrected chi connectivity index (χ1v) is 15.8. The molecular weight excluding hydrogens is 592 g/mol. The first-order chi connectivity index (χ1) is 23.1. The van der Waals surface area contributed by atoms with Crippen LogP contribution in [0.15, 0.2) is 121 Å². The minimum Gasteiger partial charge on any atom is -0.463 e. The maximum absolute atomic E-state index is 14.1. The Labute approximate surface area is 274 Å². The molecule has 1 aliphatic rings. The molecule has 1 fully saturated rings. The third kappa shape index (κ3) is 7.95. The van der Waals surface area contributed by atoms with Crippen molar-refractivity contribution in [3.05, 3.63) is 138 Å². The molecule has 0 saturated carbocycles. The number of aromatic nitrogens is 1. The van der Waals surface area contributed by atoms with Gasteiger partial charge in [0.1, 0.15) is 11.8 Å². The second-order valence-corrected chi connectivity index (χ2v) is 11.4. The number of carbonyl (C=O) groups excluding carboxylic acids is 2. The van der Waals surface area contributed by atoms with Crippen LogP contribution < -0.4 is 20.7 Å². The highest BCUT2D eigenvalue weighted by Gasteiger charge is 2.33. The van der Waals surface area contributed by atoms with Crippen LogP contribution in [-0.4, -0.2) is 55.6 Å². The summed E-state index contributed by atoms with van der Waals surface area (Å²) in [7, 11) is 1.29. The van der Waals surface area contributed by atoms with E-state index >= 15 is 0 Å². The van der Waals surface area contributed by atoms with Crippen molar-refractivity contribution in [3.63, 3.8) is 0 Å². The number of anilines is 1. The van der Waals surface area contributed by atoms with Crippen LogP contribution in [0.1, 0.15) is 29.0 Å². The number of morpholine rings is 1. The van der Waals surface area contributed by atoms with E-state index in [1.165, 1.54) is 7.11 Å². The quantitative estimate of drug-likeness (QED) is 0.163. The number of carbonyl (C=O) groups is 2. The van der Waals surface area contributed by atoms with Crippen molar-refractivity contribution in [1.29, 1.82) is 0 Å². The second-order valence-electron chi connectivity index (χ2n) is 11.4. The van der Waals surface area contributed by atoms with Gasteiger partial charge < -0.3 is 30.2 Å². The number of nitrogens with one attached hydrogen (secondary N) is 3. The number of hydrogen-bond donors (Lipinski definition) is 3. The van der Waals surface area contributed by atoms with Crippen LogP contribution in [-0.2, 0) is 20.7 Å². The predicted octanol–water partition coefficient (Wildman–Crippen LogP) is 6.06. The van der Waals surface area contributed by atoms with E-state index in [0.29, 0.717) is 31.6 Å². The molecule has 0 bridgehead atoms. The number of pyridine rings is 1. The summed E-state index contributed by atoms with van der Waals surface area (Å²) in [6.07, 6.45) is 1.89. The number of benzene rings is 4. The normalized spacial score (nSPS) is 16.7. The summed E-state index contributed by atoms with van der Waals surface area (Å²) in [6, 6.07) is 35.8. The SMILES string of the molecule is COC(=O)N[C@H](C(=O)Nc1ccccc1CC[C@@H]1CNCC(Oc2cccc3ncccc23)O1)C(c1ccccc1)c1ccccc1. The summed E-state index contributed by atoms with van der Waals surface area (Å²) in [5, 5.41) is 10.3. The molecule has 1 aliphatic heterocycles. The van der Waals surface area contributed by atoms with Crippen LogP contribution in [0, 0.1) is 0 Å². The molecule has 240 valence electrons. The lowest BCUT2D eigenvalue weighted by Gasteiger charge is -2.31. The molecule has 1 saturated heterocycles. The first-order valence-electron chi connectivity index (χ1n) is 15.8. The largest absolute Gasteiger partial charge is 0.463 e. The smallest absolute Gasteiger partial charge is 0.407 e. The van der Waals surface area contributed by atoms with Crippen molar-refractivity contribution in [3.8, 4) is 5.75 Å². The van der Waals surface area contributed by atoms with E-state index in [4.69, 9.17) is 14.2 Å². The maximum Gasteiger partial charge on any atom is 0.407 e. The van der Waals surface area contributed by atoms with Gasteiger partial charge in [-0.1, -0.05) is 84.9 Å². The summed E-state index contributed by atoms with van der Waals surface area (Å²) < 4.78 is 17.6. The molecule has 1 aromatic heterocycles. The third-order valence-electron chi connectivity index (χ3n) is 8.29. The molecule has 9 heteroatoms. The molecule has 0 radical (unpaired) electrons. The second kappa shape index (κ2) is 15.4. The number of alkyl carbamates (subject to hydrolysis) is 1. The van der Waals surface area contributed by atoms with E-state index in [2.05, 4.69) is 20.9 Å². The molecule has 1 unspecified atom stereocenters. The lowest BCUT2D eigenvalue weighted by molar-refractivity contribution is -0.137. The number of hydrogen-bond acceptors (Lipinski definition) is 7. The zero-order chi connectivity index (χ0) is 32.4. The van der Waals surface area contributed by atoms with Crippen LogP contribution in [0.5, 0.6) is 5.75 Å². The minimum absolute atomic E-state index is 0.0973. The van der Waals surface area contributed by atoms with Crippen molar-refractivity contribution >= 4 is 28.6 Å². The molecule has 5 aromatic rings. The van der Waals surface area contributed by atoms with Gasteiger partial charge >= 0.3 is 6.09 Å². The fraction of sp³-hybridized carbons (Fsp3) is 0.237. The van der Waals surface area contributed by atoms with Gasteiger partial charge in [0.25, 0.3) is 0 Å². The van der Waals surface area contributed by atoms with Gasteiger partial charge in [-0.25, -0.2) is 4.79 Å². The third-order valence-corrected chi connectivity index (χ3v) is 8.29. The summed E-state index contributed by atoms with van der Waals surface area (Å²) in [5.74, 6) is -0.0791. The van der Waals surface area contributed by atoms with E-state index in [9.17, 15) is 9.59 Å². The maximum atomic E-state index is 14.1. The predicted molar refractivity (Wildman–Crippen MR) is 181 cm³/mol. The summed E-state index contributed by atoms with van der Waals surface area (Å²) in [4.78, 5) is 31.1. The fourth-order valence-electron chi connectivity index (χ4n) is 6.00. The molecule has 9 nitrogen and oxygen atoms in total. The Morgan fingerprint density at radius 1 is 0.872 bits per heavy atom. The first kappa shape index (κ1) is 31.7. The minimum atomic E-state index is -0.951. The highest BCUT2D eigenvalue weighted by Crippen LogP contribution is 2.30. The number of methoxy groups -OCH3 is 1. The van der Waals surface area contributed by atoms with Gasteiger partial charge in [-0.15, -0.1) is 0 Å². The highest BCUT2D eigenvalue weighted by atomic mass is 16.7. The van der Waals surface area contributed by atoms with Gasteiger partial charge in [0.2, 0.25) is 12.2 Å². The molecule has 6 rings (SSSR count). The fourth-order valence-corrected chi connectivity index (χ4v) is 6.00. The number of aryl methyl sites for hydroxylation is 1. The highest BCUT2D eigenvalue weighted by molar-refractivity contribution is 5.98. The summed E-state index contributed by atoms with van der Waals surface area (Å²) in [5.41, 5.74) is 4.28. The van der Waals surface area contributed by atoms with Gasteiger partial charge in [-0.3, -0.25) is 9.78 Å². The van der Waals surface area contributed by atoms with Crippen LogP contribution >= 0.6 is 0 Å². The zero-order valence-corrected chi connectivity index (χ0v) is 26.2. The number of ether oxygens (including phenoxy) is 3. The van der Waals surface area contributed by atoms with Gasteiger partial charge in [0, 0.05) is 29.7 Å². The lowest BCUT2D eigenvalue weighted by atomic mass is 9.84. The molecule has 0 aliphatic carbocycles. The zero-order valence-electron chi connectivity index (χ0n) is 26.2. The van der Waals surface area contributed by atoms with Gasteiger partial charge in [-0.2, -0.15) is 0 Å². The standard InChI is InChI=1S/C38H38N4O5/c1-45-38(44)42-36(35(27-13-4-2-5-14-27)28-15-6-3-7-16-28)37(43)41-31-18-9-8-12-26(31)21-22-29-24-39-25-34(46-29)47-33-20-10-19-32-30(33)17-11-23-40-32/h2-20,23,29,34-36,39H,21-22,24-25H2,1H3,(H,41,43)(H,42,44)/t29-,34?,36+/m1/s1. The van der Waals surface area contributed by atoms with Crippen molar-refractivity contribution in [2.24, 2.45) is 0 Å². The Kier molecular flexibility index (Phi) is 10.4. The molecule has 2 amide bonds. The number of fused-ring (bicyclic) bond motifs is 1. The van der Waals surface area contributed by atoms with Gasteiger partial charge in [-0.05, 0) is 59.9 Å². The molecule has 0 spiro atoms. The summed E-state index contributed by atoms with van der Waals surface area (Å²) in [6.45, 7) is 1.25. The Morgan fingerprint density at radius 3 is 2.34 bits per heavy atom. The van der Waals surface area contributed by atoms with Crippen molar-refractivity contribution in [1.82, 2.24) is 15.6 Å². The van der Waals surface area contributed by atoms with Crippen LogP contribution in [0.25, 0.3) is 10.9 Å². The van der Waals surface area contributed by atoms with Crippen LogP contribution in [0.2, 0.25) is 0 Å². The van der Waals surface area contributed by atoms with Gasteiger partial charge in [0.05, 0.1) is 25.3 Å². The number of rotatable bonds is 11. The molecule has 3 atom stereocenters. The molecule has 2 heterocycles. The molecular formula is C38H38N4O5. The van der Waals surface area contributed by atoms with Crippen molar-refractivity contribution in [2.75, 3.05) is 25.5 Å². The van der Waals surface area contributed by atoms with E-state index in [0.717, 1.165) is 33.3 Å². The van der Waals surface area contributed by atoms with Crippen molar-refractivity contribution in [2.45, 2.75) is 37.2 Å². The Hall–Kier alpha value is -5.25. The Bertz CT molecular complexity index is 1740. The van der Waals surface area contributed by atoms with E-state index in [1.54, 1.807) is 6.20 Å². The van der Waals surface area contributed by atoms with Crippen LogP contribution in [0.4, 0.5) is 10.5 Å². The average molecular weight is 631 g/mol. The molecule has 47 heavy (non-hydrogen) atoms. The Balaban J connectivity index is 1.16. The topological polar surface area (TPSA) is 111 Å². The van der Waals surface area contributed by atoms with Crippen molar-refractivity contribution < 1.29 is 23.8 Å². The number of amides is 2. The monoisotopic (exact) mass is 630 g/mol. The van der Waals surface area contributed by atoms with E-state index in [-0.39, 0.29) is 12.0 Å². The molecule has 4 aromatic carbocycles. The summed E-state index contributed by atoms with van der Waals surface area (Å²) >= 11 is 0. The molecule has 3 N–H and O–H groups in total. The van der Waals surface area contributed by atoms with E-state index < -0.39 is 24.3 Å². The number of nitrogens with zero attached hydrogens (tertiary/aromatic N) is 1. The number of para-hydroxylation sites is 1. The van der Waals surface area contributed by atoms with E-state index in [1.807, 2.05) is 115 Å². The Morgan fingerprint density at radius 2 is 1.60 bits per heavy atom. The average Bonchev–Trinajstić information content (AvgIpc) is 3.12.